The van der Waals surface area contributed by atoms with Gasteiger partial charge in [-0.2, -0.15) is 0 Å². The van der Waals surface area contributed by atoms with Gasteiger partial charge >= 0.3 is 0 Å². The van der Waals surface area contributed by atoms with Crippen LogP contribution in [-0.4, -0.2) is 34.3 Å². The van der Waals surface area contributed by atoms with Gasteiger partial charge in [-0.25, -0.2) is 10.8 Å². The molecule has 6 nitrogen and oxygen atoms in total. The number of nitrogens with two attached hydrogens (primary N) is 1. The Balaban J connectivity index is 2.13. The fraction of sp³-hybridized carbons (Fsp3) is 0.556. The Bertz CT molecular complexity index is 332. The number of hydrogen-bond donors (Lipinski definition) is 3. The number of nitrogens with one attached hydrogen (secondary N) is 1. The highest BCUT2D eigenvalue weighted by Crippen LogP contribution is 2.17. The van der Waals surface area contributed by atoms with Crippen molar-refractivity contribution in [2.75, 3.05) is 23.4 Å². The molecule has 1 aromatic rings. The van der Waals surface area contributed by atoms with Crippen LogP contribution in [0.15, 0.2) is 12.4 Å². The van der Waals surface area contributed by atoms with Gasteiger partial charge < -0.3 is 15.4 Å². The summed E-state index contributed by atoms with van der Waals surface area (Å²) in [6, 6.07) is 0. The number of nitrogen functional groups attached to an aromatic ring is 1. The van der Waals surface area contributed by atoms with E-state index >= 15 is 0 Å². The summed E-state index contributed by atoms with van der Waals surface area (Å²) >= 11 is 0. The minimum atomic E-state index is -0.268. The molecule has 1 fully saturated rings. The second-order valence-corrected chi connectivity index (χ2v) is 3.65. The topological polar surface area (TPSA) is 87.3 Å². The van der Waals surface area contributed by atoms with E-state index in [1.54, 1.807) is 12.4 Å². The third-order valence-corrected chi connectivity index (χ3v) is 2.49. The van der Waals surface area contributed by atoms with Gasteiger partial charge in [0.05, 0.1) is 18.5 Å². The summed E-state index contributed by atoms with van der Waals surface area (Å²) in [7, 11) is 0. The van der Waals surface area contributed by atoms with E-state index in [4.69, 9.17) is 5.84 Å². The number of hydrazine groups is 1. The Labute approximate surface area is 88.1 Å². The maximum Gasteiger partial charge on any atom is 0.160 e. The van der Waals surface area contributed by atoms with Gasteiger partial charge in [0, 0.05) is 13.1 Å². The fourth-order valence-electron chi connectivity index (χ4n) is 1.74. The molecule has 0 aromatic carbocycles. The van der Waals surface area contributed by atoms with Crippen LogP contribution in [0, 0.1) is 0 Å². The van der Waals surface area contributed by atoms with Crippen molar-refractivity contribution in [3.05, 3.63) is 12.4 Å². The molecule has 1 aromatic heterocycles. The van der Waals surface area contributed by atoms with Crippen molar-refractivity contribution in [1.29, 1.82) is 0 Å². The van der Waals surface area contributed by atoms with Gasteiger partial charge in [0.2, 0.25) is 0 Å². The van der Waals surface area contributed by atoms with Gasteiger partial charge in [0.1, 0.15) is 5.82 Å². The van der Waals surface area contributed by atoms with E-state index in [-0.39, 0.29) is 6.10 Å². The summed E-state index contributed by atoms with van der Waals surface area (Å²) in [6.07, 6.45) is 4.81. The minimum absolute atomic E-state index is 0.268. The number of anilines is 2. The molecule has 1 saturated heterocycles. The van der Waals surface area contributed by atoms with Crippen molar-refractivity contribution < 1.29 is 5.11 Å². The Kier molecular flexibility index (Phi) is 2.98. The fourth-order valence-corrected chi connectivity index (χ4v) is 1.74. The normalized spacial score (nSPS) is 21.5. The highest BCUT2D eigenvalue weighted by atomic mass is 16.3. The molecule has 0 bridgehead atoms. The van der Waals surface area contributed by atoms with Crippen molar-refractivity contribution in [3.63, 3.8) is 0 Å². The van der Waals surface area contributed by atoms with Gasteiger partial charge in [-0.15, -0.1) is 0 Å². The second-order valence-electron chi connectivity index (χ2n) is 3.65. The zero-order valence-corrected chi connectivity index (χ0v) is 8.43. The predicted molar refractivity (Wildman–Crippen MR) is 57.3 cm³/mol. The summed E-state index contributed by atoms with van der Waals surface area (Å²) in [5.41, 5.74) is 2.45. The van der Waals surface area contributed by atoms with Gasteiger partial charge in [-0.05, 0) is 12.8 Å². The molecule has 0 amide bonds. The van der Waals surface area contributed by atoms with Crippen molar-refractivity contribution in [2.45, 2.75) is 18.9 Å². The molecule has 1 atom stereocenters. The predicted octanol–water partition coefficient (Wildman–Crippen LogP) is -0.277. The van der Waals surface area contributed by atoms with E-state index in [0.717, 1.165) is 25.2 Å². The Morgan fingerprint density at radius 3 is 3.13 bits per heavy atom. The van der Waals surface area contributed by atoms with E-state index in [0.29, 0.717) is 12.4 Å². The lowest BCUT2D eigenvalue weighted by atomic mass is 10.1. The summed E-state index contributed by atoms with van der Waals surface area (Å²) in [4.78, 5) is 10.3. The van der Waals surface area contributed by atoms with Crippen molar-refractivity contribution in [1.82, 2.24) is 9.97 Å². The number of hydrogen-bond acceptors (Lipinski definition) is 6. The molecular formula is C9H15N5O. The monoisotopic (exact) mass is 209 g/mol. The van der Waals surface area contributed by atoms with Gasteiger partial charge in [0.25, 0.3) is 0 Å². The number of β-amino-alcohol motifs (C(OH)–C–C–N with tert-alkyl or cyclic N) is 1. The van der Waals surface area contributed by atoms with Crippen LogP contribution in [0.1, 0.15) is 12.8 Å². The molecule has 82 valence electrons. The standard InChI is InChI=1S/C9H15N5O/c10-13-8-4-11-5-9(12-8)14-3-1-2-7(15)6-14/h4-5,7,15H,1-3,6,10H2,(H,12,13). The quantitative estimate of drug-likeness (QED) is 0.459. The smallest absolute Gasteiger partial charge is 0.160 e. The summed E-state index contributed by atoms with van der Waals surface area (Å²) in [5, 5.41) is 9.54. The highest BCUT2D eigenvalue weighted by molar-refractivity contribution is 5.43. The first-order valence-electron chi connectivity index (χ1n) is 5.01. The molecule has 0 aliphatic carbocycles. The van der Waals surface area contributed by atoms with Gasteiger partial charge in [0.15, 0.2) is 5.82 Å². The number of aliphatic hydroxyl groups is 1. The van der Waals surface area contributed by atoms with Crippen LogP contribution in [-0.2, 0) is 0 Å². The average Bonchev–Trinajstić information content (AvgIpc) is 2.29. The van der Waals surface area contributed by atoms with Crippen LogP contribution in [0.4, 0.5) is 11.6 Å². The second kappa shape index (κ2) is 4.41. The van der Waals surface area contributed by atoms with Crippen LogP contribution in [0.3, 0.4) is 0 Å². The minimum Gasteiger partial charge on any atom is -0.391 e. The third kappa shape index (κ3) is 2.34. The largest absolute Gasteiger partial charge is 0.391 e. The molecule has 0 saturated carbocycles. The molecule has 0 spiro atoms. The lowest BCUT2D eigenvalue weighted by molar-refractivity contribution is 0.154. The summed E-state index contributed by atoms with van der Waals surface area (Å²) in [6.45, 7) is 1.52. The first kappa shape index (κ1) is 10.1. The van der Waals surface area contributed by atoms with Crippen LogP contribution in [0.25, 0.3) is 0 Å². The number of rotatable bonds is 2. The SMILES string of the molecule is NNc1cncc(N2CCCC(O)C2)n1. The van der Waals surface area contributed by atoms with E-state index < -0.39 is 0 Å². The summed E-state index contributed by atoms with van der Waals surface area (Å²) < 4.78 is 0. The molecule has 1 unspecified atom stereocenters. The Hall–Kier alpha value is -1.40. The molecule has 15 heavy (non-hydrogen) atoms. The Morgan fingerprint density at radius 1 is 1.53 bits per heavy atom. The molecule has 1 aliphatic rings. The third-order valence-electron chi connectivity index (χ3n) is 2.49. The number of aliphatic hydroxyl groups excluding tert-OH is 1. The number of piperidine rings is 1. The lowest BCUT2D eigenvalue weighted by Crippen LogP contribution is -2.38. The molecule has 2 rings (SSSR count). The zero-order chi connectivity index (χ0) is 10.7. The molecule has 1 aliphatic heterocycles. The van der Waals surface area contributed by atoms with Gasteiger partial charge in [-0.1, -0.05) is 0 Å². The molecule has 0 radical (unpaired) electrons. The van der Waals surface area contributed by atoms with E-state index in [1.807, 2.05) is 4.90 Å². The highest BCUT2D eigenvalue weighted by Gasteiger charge is 2.19. The molecule has 2 heterocycles. The first-order chi connectivity index (χ1) is 7.29. The number of aromatic nitrogens is 2. The van der Waals surface area contributed by atoms with Crippen molar-refractivity contribution in [3.8, 4) is 0 Å². The number of nitrogens with zero attached hydrogens (tertiary/aromatic N) is 3. The van der Waals surface area contributed by atoms with Crippen molar-refractivity contribution >= 4 is 11.6 Å². The Morgan fingerprint density at radius 2 is 2.40 bits per heavy atom. The van der Waals surface area contributed by atoms with Crippen molar-refractivity contribution in [2.24, 2.45) is 5.84 Å². The van der Waals surface area contributed by atoms with Crippen LogP contribution >= 0.6 is 0 Å². The van der Waals surface area contributed by atoms with Gasteiger partial charge in [-0.3, -0.25) is 4.98 Å². The average molecular weight is 209 g/mol. The maximum absolute atomic E-state index is 9.54. The lowest BCUT2D eigenvalue weighted by Gasteiger charge is -2.30. The van der Waals surface area contributed by atoms with Crippen LogP contribution in [0.5, 0.6) is 0 Å². The molecule has 6 heteroatoms. The zero-order valence-electron chi connectivity index (χ0n) is 8.43. The van der Waals surface area contributed by atoms with E-state index in [9.17, 15) is 5.11 Å². The van der Waals surface area contributed by atoms with Crippen LogP contribution < -0.4 is 16.2 Å². The molecular weight excluding hydrogens is 194 g/mol. The van der Waals surface area contributed by atoms with E-state index in [2.05, 4.69) is 15.4 Å². The van der Waals surface area contributed by atoms with Crippen LogP contribution in [0.2, 0.25) is 0 Å². The maximum atomic E-state index is 9.54. The molecule has 4 N–H and O–H groups in total. The summed E-state index contributed by atoms with van der Waals surface area (Å²) in [5.74, 6) is 6.54. The first-order valence-corrected chi connectivity index (χ1v) is 5.01. The van der Waals surface area contributed by atoms with E-state index in [1.165, 1.54) is 0 Å².